The van der Waals surface area contributed by atoms with E-state index in [2.05, 4.69) is 4.99 Å². The van der Waals surface area contributed by atoms with Crippen LogP contribution in [0.1, 0.15) is 11.1 Å². The molecule has 0 radical (unpaired) electrons. The normalized spacial score (nSPS) is 11.2. The van der Waals surface area contributed by atoms with E-state index in [1.807, 2.05) is 6.92 Å². The molecule has 0 amide bonds. The standard InChI is InChI=1S/C15H15N3O3/c1-10-3-8-14(18(19)20)13(9-10)17-15(16)11-4-6-12(21-2)7-5-11/h3-9H,1-2H3,(H2,16,17). The first kappa shape index (κ1) is 14.5. The molecular weight excluding hydrogens is 270 g/mol. The minimum absolute atomic E-state index is 0.0722. The van der Waals surface area contributed by atoms with Gasteiger partial charge in [-0.15, -0.1) is 0 Å². The highest BCUT2D eigenvalue weighted by Crippen LogP contribution is 2.28. The molecule has 0 bridgehead atoms. The van der Waals surface area contributed by atoms with Crippen molar-refractivity contribution in [3.05, 3.63) is 63.7 Å². The Kier molecular flexibility index (Phi) is 4.18. The number of nitrogens with two attached hydrogens (primary N) is 1. The van der Waals surface area contributed by atoms with E-state index in [4.69, 9.17) is 10.5 Å². The van der Waals surface area contributed by atoms with E-state index in [1.54, 1.807) is 43.5 Å². The average molecular weight is 285 g/mol. The van der Waals surface area contributed by atoms with Gasteiger partial charge in [-0.05, 0) is 42.8 Å². The Balaban J connectivity index is 2.41. The van der Waals surface area contributed by atoms with Crippen LogP contribution in [-0.4, -0.2) is 17.9 Å². The molecule has 2 rings (SSSR count). The lowest BCUT2D eigenvalue weighted by molar-refractivity contribution is -0.384. The average Bonchev–Trinajstić information content (AvgIpc) is 2.47. The van der Waals surface area contributed by atoms with Crippen LogP contribution in [0.2, 0.25) is 0 Å². The molecule has 0 spiro atoms. The van der Waals surface area contributed by atoms with E-state index in [0.717, 1.165) is 5.56 Å². The molecule has 2 aromatic rings. The maximum Gasteiger partial charge on any atom is 0.294 e. The highest BCUT2D eigenvalue weighted by Gasteiger charge is 2.13. The molecule has 0 aliphatic heterocycles. The minimum Gasteiger partial charge on any atom is -0.497 e. The second-order valence-corrected chi connectivity index (χ2v) is 4.47. The summed E-state index contributed by atoms with van der Waals surface area (Å²) in [6, 6.07) is 11.7. The van der Waals surface area contributed by atoms with Gasteiger partial charge in [-0.2, -0.15) is 0 Å². The van der Waals surface area contributed by atoms with Crippen LogP contribution in [0, 0.1) is 17.0 Å². The van der Waals surface area contributed by atoms with Crippen LogP contribution >= 0.6 is 0 Å². The summed E-state index contributed by atoms with van der Waals surface area (Å²) in [5.41, 5.74) is 7.65. The molecule has 0 saturated carbocycles. The summed E-state index contributed by atoms with van der Waals surface area (Å²) >= 11 is 0. The lowest BCUT2D eigenvalue weighted by Crippen LogP contribution is -2.12. The minimum atomic E-state index is -0.473. The monoisotopic (exact) mass is 285 g/mol. The summed E-state index contributed by atoms with van der Waals surface area (Å²) in [6.07, 6.45) is 0. The zero-order chi connectivity index (χ0) is 15.4. The number of ether oxygens (including phenoxy) is 1. The zero-order valence-corrected chi connectivity index (χ0v) is 11.7. The number of hydrogen-bond donors (Lipinski definition) is 1. The highest BCUT2D eigenvalue weighted by atomic mass is 16.6. The number of benzene rings is 2. The Labute approximate surface area is 122 Å². The van der Waals surface area contributed by atoms with Crippen molar-refractivity contribution in [3.8, 4) is 5.75 Å². The van der Waals surface area contributed by atoms with Crippen LogP contribution < -0.4 is 10.5 Å². The molecule has 0 atom stereocenters. The fourth-order valence-electron chi connectivity index (χ4n) is 1.83. The van der Waals surface area contributed by atoms with Crippen molar-refractivity contribution in [2.75, 3.05) is 7.11 Å². The van der Waals surface area contributed by atoms with Gasteiger partial charge in [0.1, 0.15) is 17.3 Å². The third kappa shape index (κ3) is 3.36. The number of nitrogens with zero attached hydrogens (tertiary/aromatic N) is 2. The molecule has 0 heterocycles. The Morgan fingerprint density at radius 3 is 2.48 bits per heavy atom. The van der Waals surface area contributed by atoms with Gasteiger partial charge in [-0.25, -0.2) is 4.99 Å². The number of nitro groups is 1. The van der Waals surface area contributed by atoms with Crippen molar-refractivity contribution >= 4 is 17.2 Å². The first-order valence-corrected chi connectivity index (χ1v) is 6.25. The lowest BCUT2D eigenvalue weighted by atomic mass is 10.1. The SMILES string of the molecule is COc1ccc(C(N)=Nc2cc(C)ccc2[N+](=O)[O-])cc1. The van der Waals surface area contributed by atoms with Crippen LogP contribution in [0.15, 0.2) is 47.5 Å². The maximum absolute atomic E-state index is 11.0. The Hall–Kier alpha value is -2.89. The zero-order valence-electron chi connectivity index (χ0n) is 11.7. The molecule has 21 heavy (non-hydrogen) atoms. The first-order valence-electron chi connectivity index (χ1n) is 6.25. The quantitative estimate of drug-likeness (QED) is 0.404. The van der Waals surface area contributed by atoms with Gasteiger partial charge in [0.05, 0.1) is 12.0 Å². The van der Waals surface area contributed by atoms with Crippen LogP contribution in [0.5, 0.6) is 5.75 Å². The second-order valence-electron chi connectivity index (χ2n) is 4.47. The summed E-state index contributed by atoms with van der Waals surface area (Å²) in [5, 5.41) is 11.0. The van der Waals surface area contributed by atoms with Crippen molar-refractivity contribution in [2.45, 2.75) is 6.92 Å². The molecule has 2 aromatic carbocycles. The van der Waals surface area contributed by atoms with E-state index < -0.39 is 4.92 Å². The number of hydrogen-bond acceptors (Lipinski definition) is 4. The molecule has 0 aliphatic carbocycles. The maximum atomic E-state index is 11.0. The van der Waals surface area contributed by atoms with Crippen molar-refractivity contribution < 1.29 is 9.66 Å². The number of aryl methyl sites for hydroxylation is 1. The number of methoxy groups -OCH3 is 1. The van der Waals surface area contributed by atoms with Crippen LogP contribution in [-0.2, 0) is 0 Å². The Morgan fingerprint density at radius 1 is 1.24 bits per heavy atom. The van der Waals surface area contributed by atoms with Gasteiger partial charge < -0.3 is 10.5 Å². The summed E-state index contributed by atoms with van der Waals surface area (Å²) in [5.74, 6) is 0.916. The molecule has 6 heteroatoms. The molecule has 6 nitrogen and oxygen atoms in total. The lowest BCUT2D eigenvalue weighted by Gasteiger charge is -2.04. The predicted molar refractivity (Wildman–Crippen MR) is 81.2 cm³/mol. The Morgan fingerprint density at radius 2 is 1.90 bits per heavy atom. The molecule has 0 saturated heterocycles. The number of nitro benzene ring substituents is 1. The van der Waals surface area contributed by atoms with Crippen molar-refractivity contribution in [3.63, 3.8) is 0 Å². The van der Waals surface area contributed by atoms with Gasteiger partial charge in [0.15, 0.2) is 0 Å². The van der Waals surface area contributed by atoms with Gasteiger partial charge in [0, 0.05) is 11.6 Å². The fourth-order valence-corrected chi connectivity index (χ4v) is 1.83. The van der Waals surface area contributed by atoms with Crippen molar-refractivity contribution in [1.29, 1.82) is 0 Å². The van der Waals surface area contributed by atoms with E-state index in [9.17, 15) is 10.1 Å². The molecular formula is C15H15N3O3. The van der Waals surface area contributed by atoms with Crippen molar-refractivity contribution in [1.82, 2.24) is 0 Å². The van der Waals surface area contributed by atoms with Crippen molar-refractivity contribution in [2.24, 2.45) is 10.7 Å². The van der Waals surface area contributed by atoms with Gasteiger partial charge in [-0.3, -0.25) is 10.1 Å². The molecule has 0 unspecified atom stereocenters. The number of amidine groups is 1. The molecule has 2 N–H and O–H groups in total. The molecule has 0 aliphatic rings. The second kappa shape index (κ2) is 6.04. The summed E-state index contributed by atoms with van der Waals surface area (Å²) < 4.78 is 5.06. The molecule has 0 aromatic heterocycles. The highest BCUT2D eigenvalue weighted by molar-refractivity contribution is 5.99. The van der Waals surface area contributed by atoms with Gasteiger partial charge >= 0.3 is 0 Å². The van der Waals surface area contributed by atoms with Gasteiger partial charge in [0.2, 0.25) is 0 Å². The summed E-state index contributed by atoms with van der Waals surface area (Å²) in [4.78, 5) is 14.7. The first-order chi connectivity index (χ1) is 10.0. The number of aliphatic imine (C=N–C) groups is 1. The Bertz CT molecular complexity index is 694. The van der Waals surface area contributed by atoms with Crippen LogP contribution in [0.3, 0.4) is 0 Å². The number of rotatable bonds is 4. The summed E-state index contributed by atoms with van der Waals surface area (Å²) in [6.45, 7) is 1.84. The topological polar surface area (TPSA) is 90.8 Å². The van der Waals surface area contributed by atoms with Gasteiger partial charge in [-0.1, -0.05) is 6.07 Å². The van der Waals surface area contributed by atoms with E-state index >= 15 is 0 Å². The largest absolute Gasteiger partial charge is 0.497 e. The third-order valence-electron chi connectivity index (χ3n) is 2.95. The fraction of sp³-hybridized carbons (Fsp3) is 0.133. The van der Waals surface area contributed by atoms with E-state index in [-0.39, 0.29) is 17.2 Å². The smallest absolute Gasteiger partial charge is 0.294 e. The van der Waals surface area contributed by atoms with Crippen LogP contribution in [0.4, 0.5) is 11.4 Å². The third-order valence-corrected chi connectivity index (χ3v) is 2.95. The predicted octanol–water partition coefficient (Wildman–Crippen LogP) is 2.95. The van der Waals surface area contributed by atoms with Crippen LogP contribution in [0.25, 0.3) is 0 Å². The molecule has 0 fully saturated rings. The van der Waals surface area contributed by atoms with Gasteiger partial charge in [0.25, 0.3) is 5.69 Å². The van der Waals surface area contributed by atoms with E-state index in [0.29, 0.717) is 11.3 Å². The van der Waals surface area contributed by atoms with E-state index in [1.165, 1.54) is 6.07 Å². The summed E-state index contributed by atoms with van der Waals surface area (Å²) in [7, 11) is 1.57. The molecule has 108 valence electrons.